The first kappa shape index (κ1) is 19.5. The lowest BCUT2D eigenvalue weighted by Crippen LogP contribution is -2.46. The van der Waals surface area contributed by atoms with Crippen molar-refractivity contribution in [3.63, 3.8) is 0 Å². The number of hydrogen-bond donors (Lipinski definition) is 1. The van der Waals surface area contributed by atoms with Gasteiger partial charge in [0.15, 0.2) is 0 Å². The second-order valence-electron chi connectivity index (χ2n) is 6.42. The van der Waals surface area contributed by atoms with E-state index in [1.54, 1.807) is 35.2 Å². The number of benzene rings is 2. The molecule has 1 saturated heterocycles. The van der Waals surface area contributed by atoms with Gasteiger partial charge in [0.1, 0.15) is 0 Å². The molecule has 1 aliphatic heterocycles. The topological polar surface area (TPSA) is 49.4 Å². The number of likely N-dealkylation sites (tertiary alicyclic amines) is 1. The van der Waals surface area contributed by atoms with E-state index in [0.29, 0.717) is 34.3 Å². The number of carbonyl (C=O) groups excluding carboxylic acids is 2. The van der Waals surface area contributed by atoms with Crippen LogP contribution in [0.4, 0.5) is 0 Å². The van der Waals surface area contributed by atoms with E-state index in [-0.39, 0.29) is 17.9 Å². The highest BCUT2D eigenvalue weighted by Gasteiger charge is 2.23. The van der Waals surface area contributed by atoms with E-state index in [0.717, 1.165) is 12.8 Å². The largest absolute Gasteiger partial charge is 0.349 e. The minimum absolute atomic E-state index is 0.0705. The Kier molecular flexibility index (Phi) is 6.54. The van der Waals surface area contributed by atoms with Crippen molar-refractivity contribution in [2.24, 2.45) is 0 Å². The lowest BCUT2D eigenvalue weighted by Gasteiger charge is -2.31. The van der Waals surface area contributed by atoms with Gasteiger partial charge < -0.3 is 10.2 Å². The molecule has 0 atom stereocenters. The summed E-state index contributed by atoms with van der Waals surface area (Å²) in [6, 6.07) is 14.5. The smallest absolute Gasteiger partial charge is 0.251 e. The molecular formula is C21H20Cl2N2O2. The average molecular weight is 403 g/mol. The molecule has 1 aliphatic rings. The third-order valence-corrected chi connectivity index (χ3v) is 5.40. The summed E-state index contributed by atoms with van der Waals surface area (Å²) in [5, 5.41) is 3.93. The molecule has 140 valence electrons. The normalized spacial score (nSPS) is 15.1. The molecule has 0 radical (unpaired) electrons. The molecule has 2 aromatic carbocycles. The molecule has 1 fully saturated rings. The van der Waals surface area contributed by atoms with Gasteiger partial charge in [-0.1, -0.05) is 53.5 Å². The fourth-order valence-corrected chi connectivity index (χ4v) is 3.39. The Bertz CT molecular complexity index is 845. The van der Waals surface area contributed by atoms with E-state index in [4.69, 9.17) is 23.2 Å². The second-order valence-corrected chi connectivity index (χ2v) is 7.20. The van der Waals surface area contributed by atoms with Crippen LogP contribution in [-0.2, 0) is 4.79 Å². The van der Waals surface area contributed by atoms with Gasteiger partial charge in [-0.3, -0.25) is 9.59 Å². The van der Waals surface area contributed by atoms with Gasteiger partial charge in [-0.25, -0.2) is 0 Å². The van der Waals surface area contributed by atoms with Gasteiger partial charge in [-0.15, -0.1) is 0 Å². The van der Waals surface area contributed by atoms with Crippen LogP contribution < -0.4 is 5.32 Å². The van der Waals surface area contributed by atoms with Gasteiger partial charge in [-0.05, 0) is 42.7 Å². The van der Waals surface area contributed by atoms with Gasteiger partial charge in [0.05, 0.1) is 10.0 Å². The number of halogens is 2. The highest BCUT2D eigenvalue weighted by atomic mass is 35.5. The Morgan fingerprint density at radius 1 is 1.00 bits per heavy atom. The van der Waals surface area contributed by atoms with Crippen LogP contribution in [0.3, 0.4) is 0 Å². The molecule has 6 heteroatoms. The van der Waals surface area contributed by atoms with Crippen LogP contribution in [0.25, 0.3) is 6.08 Å². The van der Waals surface area contributed by atoms with E-state index in [1.807, 2.05) is 24.3 Å². The molecule has 3 rings (SSSR count). The van der Waals surface area contributed by atoms with Crippen LogP contribution in [0, 0.1) is 0 Å². The van der Waals surface area contributed by atoms with E-state index in [9.17, 15) is 9.59 Å². The Balaban J connectivity index is 1.51. The summed E-state index contributed by atoms with van der Waals surface area (Å²) < 4.78 is 0. The van der Waals surface area contributed by atoms with Crippen LogP contribution in [0.5, 0.6) is 0 Å². The molecule has 2 aromatic rings. The number of amides is 2. The zero-order valence-electron chi connectivity index (χ0n) is 14.7. The molecule has 0 aromatic heterocycles. The summed E-state index contributed by atoms with van der Waals surface area (Å²) >= 11 is 12.1. The van der Waals surface area contributed by atoms with E-state index >= 15 is 0 Å². The van der Waals surface area contributed by atoms with Gasteiger partial charge in [-0.2, -0.15) is 0 Å². The molecule has 0 bridgehead atoms. The third-order valence-electron chi connectivity index (χ3n) is 4.56. The Morgan fingerprint density at radius 2 is 1.70 bits per heavy atom. The molecule has 0 saturated carbocycles. The van der Waals surface area contributed by atoms with Crippen molar-refractivity contribution in [1.82, 2.24) is 10.2 Å². The van der Waals surface area contributed by atoms with Crippen molar-refractivity contribution < 1.29 is 9.59 Å². The number of carbonyl (C=O) groups is 2. The highest BCUT2D eigenvalue weighted by Crippen LogP contribution is 2.26. The fourth-order valence-electron chi connectivity index (χ4n) is 3.02. The number of hydrogen-bond acceptors (Lipinski definition) is 2. The monoisotopic (exact) mass is 402 g/mol. The van der Waals surface area contributed by atoms with Crippen molar-refractivity contribution in [3.8, 4) is 0 Å². The number of rotatable bonds is 4. The van der Waals surface area contributed by atoms with Crippen LogP contribution in [0.15, 0.2) is 54.6 Å². The standard InChI is InChI=1S/C21H20Cl2N2O2/c22-18-8-4-7-15(20(18)23)9-10-19(26)25-13-11-17(12-14-25)24-21(27)16-5-2-1-3-6-16/h1-10,17H,11-14H2,(H,24,27)/b10-9+. The van der Waals surface area contributed by atoms with Gasteiger partial charge in [0, 0.05) is 30.8 Å². The second kappa shape index (κ2) is 9.07. The summed E-state index contributed by atoms with van der Waals surface area (Å²) in [5.74, 6) is -0.144. The SMILES string of the molecule is O=C(NC1CCN(C(=O)/C=C/c2cccc(Cl)c2Cl)CC1)c1ccccc1. The number of nitrogens with one attached hydrogen (secondary N) is 1. The molecule has 27 heavy (non-hydrogen) atoms. The zero-order chi connectivity index (χ0) is 19.2. The minimum atomic E-state index is -0.0733. The van der Waals surface area contributed by atoms with Gasteiger partial charge in [0.25, 0.3) is 5.91 Å². The van der Waals surface area contributed by atoms with Gasteiger partial charge in [0.2, 0.25) is 5.91 Å². The molecule has 4 nitrogen and oxygen atoms in total. The molecule has 2 amide bonds. The first-order chi connectivity index (χ1) is 13.0. The average Bonchev–Trinajstić information content (AvgIpc) is 2.70. The summed E-state index contributed by atoms with van der Waals surface area (Å²) in [7, 11) is 0. The van der Waals surface area contributed by atoms with Crippen LogP contribution >= 0.6 is 23.2 Å². The Morgan fingerprint density at radius 3 is 2.41 bits per heavy atom. The van der Waals surface area contributed by atoms with Crippen LogP contribution in [0.2, 0.25) is 10.0 Å². The zero-order valence-corrected chi connectivity index (χ0v) is 16.2. The molecule has 0 aliphatic carbocycles. The summed E-state index contributed by atoms with van der Waals surface area (Å²) in [6.45, 7) is 1.21. The quantitative estimate of drug-likeness (QED) is 0.768. The van der Waals surface area contributed by atoms with Crippen LogP contribution in [-0.4, -0.2) is 35.8 Å². The lowest BCUT2D eigenvalue weighted by molar-refractivity contribution is -0.126. The number of piperidine rings is 1. The third kappa shape index (κ3) is 5.12. The maximum Gasteiger partial charge on any atom is 0.251 e. The van der Waals surface area contributed by atoms with Crippen molar-refractivity contribution in [3.05, 3.63) is 75.8 Å². The fraction of sp³-hybridized carbons (Fsp3) is 0.238. The first-order valence-corrected chi connectivity index (χ1v) is 9.57. The molecule has 1 N–H and O–H groups in total. The molecule has 1 heterocycles. The molecule has 0 spiro atoms. The maximum absolute atomic E-state index is 12.4. The number of nitrogens with zero attached hydrogens (tertiary/aromatic N) is 1. The van der Waals surface area contributed by atoms with E-state index in [2.05, 4.69) is 5.32 Å². The van der Waals surface area contributed by atoms with E-state index < -0.39 is 0 Å². The lowest BCUT2D eigenvalue weighted by atomic mass is 10.0. The Labute approximate surface area is 168 Å². The first-order valence-electron chi connectivity index (χ1n) is 8.81. The summed E-state index contributed by atoms with van der Waals surface area (Å²) in [6.07, 6.45) is 4.66. The molecular weight excluding hydrogens is 383 g/mol. The predicted molar refractivity (Wildman–Crippen MR) is 109 cm³/mol. The van der Waals surface area contributed by atoms with Crippen molar-refractivity contribution in [2.75, 3.05) is 13.1 Å². The van der Waals surface area contributed by atoms with Crippen LogP contribution in [0.1, 0.15) is 28.8 Å². The maximum atomic E-state index is 12.4. The van der Waals surface area contributed by atoms with Crippen molar-refractivity contribution in [1.29, 1.82) is 0 Å². The minimum Gasteiger partial charge on any atom is -0.349 e. The highest BCUT2D eigenvalue weighted by molar-refractivity contribution is 6.42. The summed E-state index contributed by atoms with van der Waals surface area (Å²) in [4.78, 5) is 26.4. The van der Waals surface area contributed by atoms with Crippen molar-refractivity contribution >= 4 is 41.1 Å². The van der Waals surface area contributed by atoms with Gasteiger partial charge >= 0.3 is 0 Å². The predicted octanol–water partition coefficient (Wildman–Crippen LogP) is 4.43. The van der Waals surface area contributed by atoms with E-state index in [1.165, 1.54) is 6.08 Å². The summed E-state index contributed by atoms with van der Waals surface area (Å²) in [5.41, 5.74) is 1.36. The van der Waals surface area contributed by atoms with Crippen molar-refractivity contribution in [2.45, 2.75) is 18.9 Å². The molecule has 0 unspecified atom stereocenters. The Hall–Kier alpha value is -2.30.